The zero-order valence-corrected chi connectivity index (χ0v) is 25.1. The number of hydrogen-bond donors (Lipinski definition) is 4. The summed E-state index contributed by atoms with van der Waals surface area (Å²) < 4.78 is 56.2. The zero-order chi connectivity index (χ0) is 31.9. The molecule has 5 aromatic heterocycles. The number of anilines is 1. The molecule has 0 saturated heterocycles. The molecule has 0 aliphatic rings. The predicted molar refractivity (Wildman–Crippen MR) is 165 cm³/mol. The average molecular weight is 632 g/mol. The van der Waals surface area contributed by atoms with E-state index in [0.29, 0.717) is 51.0 Å². The molecule has 0 atom stereocenters. The summed E-state index contributed by atoms with van der Waals surface area (Å²) in [5, 5.41) is 9.98. The first-order valence-corrected chi connectivity index (χ1v) is 15.7. The molecule has 0 unspecified atom stereocenters. The van der Waals surface area contributed by atoms with E-state index in [9.17, 15) is 17.6 Å². The van der Waals surface area contributed by atoms with E-state index in [-0.39, 0.29) is 41.0 Å². The van der Waals surface area contributed by atoms with Crippen LogP contribution in [-0.2, 0) is 21.4 Å². The number of fused-ring (bicyclic) bond motifs is 2. The molecule has 6 aromatic rings. The van der Waals surface area contributed by atoms with Crippen molar-refractivity contribution in [1.82, 2.24) is 39.8 Å². The topological polar surface area (TPSA) is 171 Å². The lowest BCUT2D eigenvalue weighted by Gasteiger charge is -2.09. The minimum absolute atomic E-state index is 0.00234. The molecule has 0 radical (unpaired) electrons. The van der Waals surface area contributed by atoms with Crippen molar-refractivity contribution >= 4 is 43.7 Å². The fourth-order valence-electron chi connectivity index (χ4n) is 4.95. The molecule has 4 N–H and O–H groups in total. The molecule has 15 heteroatoms. The molecular weight excluding hydrogens is 604 g/mol. The number of imidazole rings is 1. The molecule has 6 rings (SSSR count). The van der Waals surface area contributed by atoms with E-state index >= 15 is 4.39 Å². The van der Waals surface area contributed by atoms with Gasteiger partial charge in [0.2, 0.25) is 15.9 Å². The van der Waals surface area contributed by atoms with Crippen molar-refractivity contribution in [2.24, 2.45) is 5.92 Å². The van der Waals surface area contributed by atoms with E-state index in [2.05, 4.69) is 45.2 Å². The number of aromatic amines is 2. The molecule has 0 bridgehead atoms. The summed E-state index contributed by atoms with van der Waals surface area (Å²) in [7, 11) is -3.49. The minimum Gasteiger partial charge on any atom is -0.325 e. The number of benzene rings is 1. The van der Waals surface area contributed by atoms with Crippen LogP contribution in [0.1, 0.15) is 25.8 Å². The van der Waals surface area contributed by atoms with E-state index in [1.54, 1.807) is 18.2 Å². The number of nitrogens with zero attached hydrogens (tertiary/aromatic N) is 5. The van der Waals surface area contributed by atoms with Crippen LogP contribution in [0.25, 0.3) is 56.0 Å². The summed E-state index contributed by atoms with van der Waals surface area (Å²) >= 11 is 0. The molecule has 5 heterocycles. The minimum atomic E-state index is -3.49. The summed E-state index contributed by atoms with van der Waals surface area (Å²) in [6.45, 7) is 3.77. The first-order valence-electron chi connectivity index (χ1n) is 13.8. The third-order valence-electron chi connectivity index (χ3n) is 6.85. The van der Waals surface area contributed by atoms with E-state index in [0.717, 1.165) is 6.26 Å². The number of carbonyl (C=O) groups excluding carboxylic acids is 1. The van der Waals surface area contributed by atoms with Crippen molar-refractivity contribution in [3.8, 4) is 33.9 Å². The van der Waals surface area contributed by atoms with Crippen LogP contribution in [0.2, 0.25) is 0 Å². The molecule has 0 aliphatic carbocycles. The van der Waals surface area contributed by atoms with Crippen molar-refractivity contribution in [3.05, 3.63) is 72.3 Å². The molecule has 12 nitrogen and oxygen atoms in total. The van der Waals surface area contributed by atoms with E-state index in [1.807, 2.05) is 13.8 Å². The summed E-state index contributed by atoms with van der Waals surface area (Å²) in [4.78, 5) is 32.8. The summed E-state index contributed by atoms with van der Waals surface area (Å²) in [5.74, 6) is -1.04. The number of carbonyl (C=O) groups is 1. The lowest BCUT2D eigenvalue weighted by atomic mass is 10.0. The third kappa shape index (κ3) is 6.39. The standard InChI is InChI=1S/C30H27F2N9O3S/c1-15(2)6-23(42)37-20-10-18(12-33-13-20)26-25(32)24-22(14-35-26)40-41-28(24)30-38-27-21(4-5-34-29(27)39-30)17-7-16(8-19(31)9-17)11-36-45(3,43)44/h4-5,7-10,12-15,36H,6,11H2,1-3H3,(H,37,42)(H,40,41)(H,34,38,39). The Hall–Kier alpha value is -5.15. The van der Waals surface area contributed by atoms with Crippen LogP contribution in [0.5, 0.6) is 0 Å². The average Bonchev–Trinajstić information content (AvgIpc) is 3.60. The van der Waals surface area contributed by atoms with Crippen LogP contribution in [0, 0.1) is 17.6 Å². The van der Waals surface area contributed by atoms with Gasteiger partial charge in [-0.1, -0.05) is 13.8 Å². The molecule has 230 valence electrons. The van der Waals surface area contributed by atoms with Gasteiger partial charge in [-0.3, -0.25) is 19.9 Å². The van der Waals surface area contributed by atoms with Crippen LogP contribution in [0.3, 0.4) is 0 Å². The molecule has 0 fully saturated rings. The molecule has 1 amide bonds. The predicted octanol–water partition coefficient (Wildman–Crippen LogP) is 4.94. The van der Waals surface area contributed by atoms with Gasteiger partial charge >= 0.3 is 0 Å². The molecule has 1 aromatic carbocycles. The summed E-state index contributed by atoms with van der Waals surface area (Å²) in [6, 6.07) is 7.45. The lowest BCUT2D eigenvalue weighted by Crippen LogP contribution is -2.21. The van der Waals surface area contributed by atoms with Gasteiger partial charge in [0.1, 0.15) is 22.7 Å². The molecule has 0 saturated carbocycles. The Balaban J connectivity index is 1.39. The highest BCUT2D eigenvalue weighted by Gasteiger charge is 2.22. The number of nitrogens with one attached hydrogen (secondary N) is 4. The highest BCUT2D eigenvalue weighted by molar-refractivity contribution is 7.88. The van der Waals surface area contributed by atoms with Gasteiger partial charge in [-0.2, -0.15) is 5.10 Å². The van der Waals surface area contributed by atoms with Crippen molar-refractivity contribution < 1.29 is 22.0 Å². The van der Waals surface area contributed by atoms with Gasteiger partial charge in [-0.15, -0.1) is 0 Å². The fraction of sp³-hybridized carbons (Fsp3) is 0.200. The normalized spacial score (nSPS) is 12.0. The van der Waals surface area contributed by atoms with Crippen molar-refractivity contribution in [3.63, 3.8) is 0 Å². The maximum atomic E-state index is 16.2. The van der Waals surface area contributed by atoms with Crippen LogP contribution < -0.4 is 10.0 Å². The van der Waals surface area contributed by atoms with Gasteiger partial charge in [-0.05, 0) is 47.4 Å². The second-order valence-corrected chi connectivity index (χ2v) is 12.8. The molecule has 0 aliphatic heterocycles. The number of pyridine rings is 3. The Morgan fingerprint density at radius 3 is 2.62 bits per heavy atom. The molecule has 0 spiro atoms. The number of aromatic nitrogens is 7. The maximum Gasteiger partial charge on any atom is 0.224 e. The monoisotopic (exact) mass is 631 g/mol. The Morgan fingerprint density at radius 2 is 1.84 bits per heavy atom. The number of hydrogen-bond acceptors (Lipinski definition) is 8. The largest absolute Gasteiger partial charge is 0.325 e. The van der Waals surface area contributed by atoms with Crippen LogP contribution in [-0.4, -0.2) is 55.7 Å². The smallest absolute Gasteiger partial charge is 0.224 e. The van der Waals surface area contributed by atoms with Gasteiger partial charge in [0.25, 0.3) is 0 Å². The first kappa shape index (κ1) is 29.9. The Kier molecular flexibility index (Phi) is 7.80. The number of amides is 1. The van der Waals surface area contributed by atoms with Crippen LogP contribution >= 0.6 is 0 Å². The van der Waals surface area contributed by atoms with Crippen molar-refractivity contribution in [2.75, 3.05) is 11.6 Å². The number of halogens is 2. The SMILES string of the molecule is CC(C)CC(=O)Nc1cncc(-c2ncc3[nH]nc(-c4nc5c(-c6cc(F)cc(CNS(C)(=O)=O)c6)ccnc5[nH]4)c3c2F)c1. The van der Waals surface area contributed by atoms with Crippen molar-refractivity contribution in [1.29, 1.82) is 0 Å². The van der Waals surface area contributed by atoms with Gasteiger partial charge in [-0.25, -0.2) is 31.9 Å². The molecular formula is C30H27F2N9O3S. The van der Waals surface area contributed by atoms with Crippen LogP contribution in [0.4, 0.5) is 14.5 Å². The quantitative estimate of drug-likeness (QED) is 0.174. The number of rotatable bonds is 9. The highest BCUT2D eigenvalue weighted by atomic mass is 32.2. The zero-order valence-electron chi connectivity index (χ0n) is 24.3. The van der Waals surface area contributed by atoms with E-state index < -0.39 is 21.7 Å². The van der Waals surface area contributed by atoms with Gasteiger partial charge in [0.15, 0.2) is 17.3 Å². The second-order valence-electron chi connectivity index (χ2n) is 11.0. The van der Waals surface area contributed by atoms with Gasteiger partial charge in [0.05, 0.1) is 35.2 Å². The van der Waals surface area contributed by atoms with Crippen LogP contribution in [0.15, 0.2) is 55.1 Å². The number of H-pyrrole nitrogens is 2. The first-order chi connectivity index (χ1) is 21.4. The Bertz CT molecular complexity index is 2200. The highest BCUT2D eigenvalue weighted by Crippen LogP contribution is 2.34. The van der Waals surface area contributed by atoms with E-state index in [4.69, 9.17) is 0 Å². The Labute approximate surface area is 255 Å². The molecule has 45 heavy (non-hydrogen) atoms. The van der Waals surface area contributed by atoms with Crippen molar-refractivity contribution in [2.45, 2.75) is 26.8 Å². The van der Waals surface area contributed by atoms with Gasteiger partial charge < -0.3 is 10.3 Å². The second kappa shape index (κ2) is 11.7. The maximum absolute atomic E-state index is 16.2. The van der Waals surface area contributed by atoms with Gasteiger partial charge in [0, 0.05) is 36.5 Å². The van der Waals surface area contributed by atoms with E-state index in [1.165, 1.54) is 36.9 Å². The number of sulfonamides is 1. The summed E-state index contributed by atoms with van der Waals surface area (Å²) in [5.41, 5.74) is 3.36. The lowest BCUT2D eigenvalue weighted by molar-refractivity contribution is -0.116. The fourth-order valence-corrected chi connectivity index (χ4v) is 5.38. The Morgan fingerprint density at radius 1 is 1.02 bits per heavy atom. The summed E-state index contributed by atoms with van der Waals surface area (Å²) in [6.07, 6.45) is 7.24. The third-order valence-corrected chi connectivity index (χ3v) is 7.52.